The summed E-state index contributed by atoms with van der Waals surface area (Å²) in [6.07, 6.45) is 0.803. The number of nitrogens with one attached hydrogen (secondary N) is 1. The Bertz CT molecular complexity index is 1080. The number of hydrogen-bond acceptors (Lipinski definition) is 7. The van der Waals surface area contributed by atoms with Gasteiger partial charge in [-0.15, -0.1) is 0 Å². The zero-order chi connectivity index (χ0) is 21.4. The van der Waals surface area contributed by atoms with E-state index >= 15 is 0 Å². The molecule has 1 aromatic carbocycles. The summed E-state index contributed by atoms with van der Waals surface area (Å²) in [5.74, 6) is 1.10. The molecule has 3 heterocycles. The summed E-state index contributed by atoms with van der Waals surface area (Å²) in [6.45, 7) is 8.18. The van der Waals surface area contributed by atoms with Crippen molar-refractivity contribution in [1.82, 2.24) is 20.0 Å². The van der Waals surface area contributed by atoms with E-state index in [0.29, 0.717) is 42.4 Å². The van der Waals surface area contributed by atoms with Crippen LogP contribution in [0.3, 0.4) is 0 Å². The molecular formula is C20H24N6O4. The summed E-state index contributed by atoms with van der Waals surface area (Å²) >= 11 is 0. The smallest absolute Gasteiger partial charge is 0.271 e. The Hall–Kier alpha value is -3.43. The lowest BCUT2D eigenvalue weighted by Crippen LogP contribution is -2.38. The Morgan fingerprint density at radius 2 is 2.07 bits per heavy atom. The number of nitro benzene ring substituents is 1. The molecule has 1 aliphatic heterocycles. The van der Waals surface area contributed by atoms with Gasteiger partial charge in [0, 0.05) is 43.9 Å². The molecule has 10 heteroatoms. The number of nitro groups is 1. The van der Waals surface area contributed by atoms with Crippen molar-refractivity contribution >= 4 is 28.6 Å². The quantitative estimate of drug-likeness (QED) is 0.516. The number of carbonyl (C=O) groups excluding carboxylic acids is 1. The van der Waals surface area contributed by atoms with Crippen molar-refractivity contribution < 1.29 is 14.2 Å². The van der Waals surface area contributed by atoms with Crippen molar-refractivity contribution in [3.8, 4) is 0 Å². The van der Waals surface area contributed by atoms with Crippen LogP contribution in [0.2, 0.25) is 0 Å². The fraction of sp³-hybridized carbons (Fsp3) is 0.450. The van der Waals surface area contributed by atoms with E-state index in [1.54, 1.807) is 6.07 Å². The van der Waals surface area contributed by atoms with Gasteiger partial charge in [0.05, 0.1) is 27.6 Å². The molecule has 0 spiro atoms. The van der Waals surface area contributed by atoms with Gasteiger partial charge in [-0.2, -0.15) is 0 Å². The molecule has 1 N–H and O–H groups in total. The highest BCUT2D eigenvalue weighted by Crippen LogP contribution is 2.26. The lowest BCUT2D eigenvalue weighted by atomic mass is 9.98. The molecule has 1 fully saturated rings. The van der Waals surface area contributed by atoms with Crippen LogP contribution in [-0.4, -0.2) is 57.0 Å². The number of aryl methyl sites for hydroxylation is 2. The molecule has 1 saturated heterocycles. The second kappa shape index (κ2) is 7.77. The Kier molecular flexibility index (Phi) is 5.15. The van der Waals surface area contributed by atoms with Crippen LogP contribution in [0, 0.1) is 24.0 Å². The number of aromatic amines is 1. The van der Waals surface area contributed by atoms with Gasteiger partial charge >= 0.3 is 0 Å². The predicted octanol–water partition coefficient (Wildman–Crippen LogP) is 2.92. The number of fused-ring (bicyclic) bond motifs is 1. The minimum Gasteiger partial charge on any atom is -0.361 e. The number of amides is 1. The van der Waals surface area contributed by atoms with E-state index in [1.165, 1.54) is 12.1 Å². The summed E-state index contributed by atoms with van der Waals surface area (Å²) < 4.78 is 5.22. The molecule has 3 aromatic rings. The molecule has 0 aliphatic carbocycles. The second-order valence-corrected chi connectivity index (χ2v) is 7.64. The van der Waals surface area contributed by atoms with Crippen LogP contribution in [0.1, 0.15) is 36.3 Å². The van der Waals surface area contributed by atoms with Gasteiger partial charge in [-0.25, -0.2) is 4.98 Å². The van der Waals surface area contributed by atoms with Gasteiger partial charge in [0.2, 0.25) is 11.9 Å². The van der Waals surface area contributed by atoms with Crippen molar-refractivity contribution in [3.63, 3.8) is 0 Å². The first-order valence-corrected chi connectivity index (χ1v) is 9.96. The summed E-state index contributed by atoms with van der Waals surface area (Å²) in [5.41, 5.74) is 2.95. The van der Waals surface area contributed by atoms with E-state index in [4.69, 9.17) is 4.52 Å². The normalized spacial score (nSPS) is 16.0. The lowest BCUT2D eigenvalue weighted by Gasteiger charge is -2.24. The molecule has 1 aliphatic rings. The van der Waals surface area contributed by atoms with Crippen LogP contribution in [0.4, 0.5) is 11.6 Å². The number of nitrogens with zero attached hydrogens (tertiary/aromatic N) is 5. The monoisotopic (exact) mass is 412 g/mol. The second-order valence-electron chi connectivity index (χ2n) is 7.64. The molecule has 0 bridgehead atoms. The van der Waals surface area contributed by atoms with E-state index in [-0.39, 0.29) is 17.5 Å². The van der Waals surface area contributed by atoms with Gasteiger partial charge < -0.3 is 19.3 Å². The summed E-state index contributed by atoms with van der Waals surface area (Å²) in [6, 6.07) is 4.59. The largest absolute Gasteiger partial charge is 0.361 e. The molecule has 10 nitrogen and oxygen atoms in total. The van der Waals surface area contributed by atoms with Gasteiger partial charge in [-0.1, -0.05) is 5.16 Å². The maximum Gasteiger partial charge on any atom is 0.271 e. The number of aromatic nitrogens is 3. The SMILES string of the molecule is Cc1noc(C)c1[C@@H](C)C(=O)N1CCCN(c2nc3ccc([N+](=O)[O-])cc3[nH]2)CC1. The molecule has 0 saturated carbocycles. The summed E-state index contributed by atoms with van der Waals surface area (Å²) in [5, 5.41) is 15.0. The van der Waals surface area contributed by atoms with Crippen molar-refractivity contribution in [2.45, 2.75) is 33.1 Å². The first-order valence-electron chi connectivity index (χ1n) is 9.96. The van der Waals surface area contributed by atoms with Gasteiger partial charge in [0.1, 0.15) is 5.76 Å². The maximum absolute atomic E-state index is 13.1. The first-order chi connectivity index (χ1) is 14.3. The van der Waals surface area contributed by atoms with E-state index < -0.39 is 4.92 Å². The number of anilines is 1. The standard InChI is InChI=1S/C20H24N6O4/c1-12(18-13(2)23-30-14(18)3)19(27)24-7-4-8-25(10-9-24)20-21-16-6-5-15(26(28)29)11-17(16)22-20/h5-6,11-12H,4,7-10H2,1-3H3,(H,21,22)/t12-/m1/s1. The molecule has 0 unspecified atom stereocenters. The first kappa shape index (κ1) is 19.9. The van der Waals surface area contributed by atoms with Crippen molar-refractivity contribution in [2.75, 3.05) is 31.1 Å². The fourth-order valence-corrected chi connectivity index (χ4v) is 4.10. The highest BCUT2D eigenvalue weighted by molar-refractivity contribution is 5.84. The number of non-ortho nitro benzene ring substituents is 1. The molecule has 30 heavy (non-hydrogen) atoms. The van der Waals surface area contributed by atoms with E-state index in [1.807, 2.05) is 25.7 Å². The van der Waals surface area contributed by atoms with E-state index in [9.17, 15) is 14.9 Å². The zero-order valence-electron chi connectivity index (χ0n) is 17.2. The summed E-state index contributed by atoms with van der Waals surface area (Å²) in [7, 11) is 0. The van der Waals surface area contributed by atoms with Gasteiger partial charge in [0.15, 0.2) is 0 Å². The third-order valence-corrected chi connectivity index (χ3v) is 5.66. The number of imidazole rings is 1. The number of hydrogen-bond donors (Lipinski definition) is 1. The predicted molar refractivity (Wildman–Crippen MR) is 111 cm³/mol. The van der Waals surface area contributed by atoms with Gasteiger partial charge in [-0.3, -0.25) is 14.9 Å². The van der Waals surface area contributed by atoms with Crippen molar-refractivity contribution in [3.05, 3.63) is 45.3 Å². The third-order valence-electron chi connectivity index (χ3n) is 5.66. The molecule has 1 amide bonds. The highest BCUT2D eigenvalue weighted by Gasteiger charge is 2.29. The topological polar surface area (TPSA) is 121 Å². The van der Waals surface area contributed by atoms with Crippen LogP contribution in [0.25, 0.3) is 11.0 Å². The minimum atomic E-state index is -0.421. The van der Waals surface area contributed by atoms with Crippen LogP contribution in [-0.2, 0) is 4.79 Å². The highest BCUT2D eigenvalue weighted by atomic mass is 16.6. The molecule has 4 rings (SSSR count). The number of rotatable bonds is 4. The van der Waals surface area contributed by atoms with Crippen molar-refractivity contribution in [2.24, 2.45) is 0 Å². The minimum absolute atomic E-state index is 0.0265. The Balaban J connectivity index is 1.48. The Morgan fingerprint density at radius 1 is 1.27 bits per heavy atom. The number of benzene rings is 1. The summed E-state index contributed by atoms with van der Waals surface area (Å²) in [4.78, 5) is 35.4. The lowest BCUT2D eigenvalue weighted by molar-refractivity contribution is -0.384. The number of H-pyrrole nitrogens is 1. The van der Waals surface area contributed by atoms with Gasteiger partial charge in [0.25, 0.3) is 5.69 Å². The van der Waals surface area contributed by atoms with Gasteiger partial charge in [-0.05, 0) is 33.3 Å². The Labute approximate surface area is 173 Å². The molecule has 158 valence electrons. The van der Waals surface area contributed by atoms with Crippen molar-refractivity contribution in [1.29, 1.82) is 0 Å². The van der Waals surface area contributed by atoms with E-state index in [0.717, 1.165) is 24.2 Å². The molecule has 0 radical (unpaired) electrons. The van der Waals surface area contributed by atoms with Crippen LogP contribution >= 0.6 is 0 Å². The van der Waals surface area contributed by atoms with Crippen LogP contribution in [0.5, 0.6) is 0 Å². The zero-order valence-corrected chi connectivity index (χ0v) is 17.2. The van der Waals surface area contributed by atoms with Crippen LogP contribution in [0.15, 0.2) is 22.7 Å². The Morgan fingerprint density at radius 3 is 2.77 bits per heavy atom. The number of carbonyl (C=O) groups is 1. The average molecular weight is 412 g/mol. The molecule has 2 aromatic heterocycles. The average Bonchev–Trinajstić information content (AvgIpc) is 3.19. The fourth-order valence-electron chi connectivity index (χ4n) is 4.10. The maximum atomic E-state index is 13.1. The molecule has 1 atom stereocenters. The molecular weight excluding hydrogens is 388 g/mol. The third kappa shape index (κ3) is 3.60. The van der Waals surface area contributed by atoms with Crippen LogP contribution < -0.4 is 4.90 Å². The van der Waals surface area contributed by atoms with E-state index in [2.05, 4.69) is 20.0 Å².